The van der Waals surface area contributed by atoms with E-state index in [1.165, 1.54) is 38.5 Å². The van der Waals surface area contributed by atoms with Crippen LogP contribution in [0.5, 0.6) is 0 Å². The molecule has 0 spiro atoms. The van der Waals surface area contributed by atoms with Crippen molar-refractivity contribution in [2.24, 2.45) is 5.92 Å². The maximum absolute atomic E-state index is 5.91. The van der Waals surface area contributed by atoms with E-state index in [1.54, 1.807) is 7.11 Å². The van der Waals surface area contributed by atoms with E-state index in [4.69, 9.17) is 9.47 Å². The molecule has 1 aliphatic rings. The van der Waals surface area contributed by atoms with Gasteiger partial charge in [-0.05, 0) is 19.3 Å². The number of hydrogen-bond donors (Lipinski definition) is 0. The Hall–Kier alpha value is -0.0800. The summed E-state index contributed by atoms with van der Waals surface area (Å²) in [6.07, 6.45) is 8.08. The van der Waals surface area contributed by atoms with Crippen molar-refractivity contribution in [1.29, 1.82) is 0 Å². The van der Waals surface area contributed by atoms with Crippen molar-refractivity contribution in [2.45, 2.75) is 51.6 Å². The summed E-state index contributed by atoms with van der Waals surface area (Å²) >= 11 is 0. The third-order valence-electron chi connectivity index (χ3n) is 3.05. The first-order valence-electron chi connectivity index (χ1n) is 5.99. The van der Waals surface area contributed by atoms with Crippen LogP contribution in [-0.2, 0) is 9.47 Å². The van der Waals surface area contributed by atoms with Crippen LogP contribution in [0.3, 0.4) is 0 Å². The van der Waals surface area contributed by atoms with Crippen LogP contribution >= 0.6 is 0 Å². The van der Waals surface area contributed by atoms with Crippen LogP contribution in [0, 0.1) is 5.92 Å². The fourth-order valence-corrected chi connectivity index (χ4v) is 2.18. The summed E-state index contributed by atoms with van der Waals surface area (Å²) in [5, 5.41) is 0. The highest BCUT2D eigenvalue weighted by atomic mass is 16.5. The van der Waals surface area contributed by atoms with E-state index in [1.807, 2.05) is 0 Å². The van der Waals surface area contributed by atoms with Gasteiger partial charge in [0, 0.05) is 19.6 Å². The monoisotopic (exact) mass is 200 g/mol. The largest absolute Gasteiger partial charge is 0.384 e. The fraction of sp³-hybridized carbons (Fsp3) is 1.00. The SMILES string of the molecule is CCCCOC1CCCCC1COC. The van der Waals surface area contributed by atoms with E-state index in [-0.39, 0.29) is 0 Å². The molecular weight excluding hydrogens is 176 g/mol. The number of methoxy groups -OCH3 is 1. The van der Waals surface area contributed by atoms with Gasteiger partial charge in [-0.15, -0.1) is 0 Å². The van der Waals surface area contributed by atoms with Gasteiger partial charge in [-0.3, -0.25) is 0 Å². The van der Waals surface area contributed by atoms with Gasteiger partial charge in [-0.2, -0.15) is 0 Å². The Labute approximate surface area is 88.0 Å². The first kappa shape index (κ1) is 12.0. The summed E-state index contributed by atoms with van der Waals surface area (Å²) in [4.78, 5) is 0. The quantitative estimate of drug-likeness (QED) is 0.614. The molecule has 1 fully saturated rings. The predicted octanol–water partition coefficient (Wildman–Crippen LogP) is 3.01. The van der Waals surface area contributed by atoms with Crippen molar-refractivity contribution in [3.05, 3.63) is 0 Å². The van der Waals surface area contributed by atoms with Gasteiger partial charge in [-0.25, -0.2) is 0 Å². The Morgan fingerprint density at radius 1 is 1.21 bits per heavy atom. The van der Waals surface area contributed by atoms with Crippen molar-refractivity contribution in [2.75, 3.05) is 20.3 Å². The minimum atomic E-state index is 0.468. The summed E-state index contributed by atoms with van der Waals surface area (Å²) in [6.45, 7) is 4.01. The van der Waals surface area contributed by atoms with Crippen LogP contribution < -0.4 is 0 Å². The number of unbranched alkanes of at least 4 members (excludes halogenated alkanes) is 1. The molecule has 2 unspecified atom stereocenters. The van der Waals surface area contributed by atoms with Gasteiger partial charge in [0.25, 0.3) is 0 Å². The normalized spacial score (nSPS) is 27.9. The molecule has 0 aromatic carbocycles. The van der Waals surface area contributed by atoms with Crippen molar-refractivity contribution >= 4 is 0 Å². The van der Waals surface area contributed by atoms with Gasteiger partial charge < -0.3 is 9.47 Å². The van der Waals surface area contributed by atoms with Crippen molar-refractivity contribution in [3.63, 3.8) is 0 Å². The molecule has 0 bridgehead atoms. The van der Waals surface area contributed by atoms with Crippen LogP contribution in [0.4, 0.5) is 0 Å². The average molecular weight is 200 g/mol. The van der Waals surface area contributed by atoms with Crippen molar-refractivity contribution in [1.82, 2.24) is 0 Å². The molecule has 0 N–H and O–H groups in total. The standard InChI is InChI=1S/C12H24O2/c1-3-4-9-14-12-8-6-5-7-11(12)10-13-2/h11-12H,3-10H2,1-2H3. The first-order valence-corrected chi connectivity index (χ1v) is 5.99. The predicted molar refractivity (Wildman–Crippen MR) is 58.5 cm³/mol. The summed E-state index contributed by atoms with van der Waals surface area (Å²) < 4.78 is 11.1. The molecule has 0 saturated heterocycles. The Morgan fingerprint density at radius 2 is 2.00 bits per heavy atom. The van der Waals surface area contributed by atoms with Crippen molar-refractivity contribution in [3.8, 4) is 0 Å². The lowest BCUT2D eigenvalue weighted by atomic mass is 9.87. The van der Waals surface area contributed by atoms with Gasteiger partial charge in [-0.1, -0.05) is 26.2 Å². The summed E-state index contributed by atoms with van der Waals surface area (Å²) in [5.41, 5.74) is 0. The maximum Gasteiger partial charge on any atom is 0.0625 e. The molecule has 14 heavy (non-hydrogen) atoms. The van der Waals surface area contributed by atoms with Gasteiger partial charge in [0.15, 0.2) is 0 Å². The van der Waals surface area contributed by atoms with Crippen molar-refractivity contribution < 1.29 is 9.47 Å². The van der Waals surface area contributed by atoms with Gasteiger partial charge in [0.1, 0.15) is 0 Å². The van der Waals surface area contributed by atoms with Crippen LogP contribution in [0.15, 0.2) is 0 Å². The zero-order chi connectivity index (χ0) is 10.2. The minimum absolute atomic E-state index is 0.468. The fourth-order valence-electron chi connectivity index (χ4n) is 2.18. The molecule has 1 rings (SSSR count). The first-order chi connectivity index (χ1) is 6.88. The van der Waals surface area contributed by atoms with Gasteiger partial charge in [0.05, 0.1) is 12.7 Å². The Bertz CT molecular complexity index is 134. The highest BCUT2D eigenvalue weighted by Gasteiger charge is 2.25. The molecule has 2 nitrogen and oxygen atoms in total. The highest BCUT2D eigenvalue weighted by molar-refractivity contribution is 4.75. The Balaban J connectivity index is 2.22. The molecule has 0 radical (unpaired) electrons. The molecule has 0 amide bonds. The topological polar surface area (TPSA) is 18.5 Å². The average Bonchev–Trinajstić information content (AvgIpc) is 2.21. The Morgan fingerprint density at radius 3 is 2.71 bits per heavy atom. The summed E-state index contributed by atoms with van der Waals surface area (Å²) in [5.74, 6) is 0.644. The molecule has 0 aromatic rings. The van der Waals surface area contributed by atoms with E-state index in [0.717, 1.165) is 13.2 Å². The lowest BCUT2D eigenvalue weighted by Crippen LogP contribution is -2.31. The second-order valence-electron chi connectivity index (χ2n) is 4.26. The molecule has 84 valence electrons. The summed E-state index contributed by atoms with van der Waals surface area (Å²) in [6, 6.07) is 0. The van der Waals surface area contributed by atoms with Crippen LogP contribution in [0.2, 0.25) is 0 Å². The molecule has 2 heteroatoms. The second-order valence-corrected chi connectivity index (χ2v) is 4.26. The third-order valence-corrected chi connectivity index (χ3v) is 3.05. The van der Waals surface area contributed by atoms with Crippen LogP contribution in [0.1, 0.15) is 45.4 Å². The molecule has 0 aromatic heterocycles. The van der Waals surface area contributed by atoms with E-state index in [2.05, 4.69) is 6.92 Å². The molecular formula is C12H24O2. The molecule has 1 saturated carbocycles. The minimum Gasteiger partial charge on any atom is -0.384 e. The molecule has 0 heterocycles. The van der Waals surface area contributed by atoms with E-state index >= 15 is 0 Å². The van der Waals surface area contributed by atoms with E-state index < -0.39 is 0 Å². The maximum atomic E-state index is 5.91. The second kappa shape index (κ2) is 7.24. The summed E-state index contributed by atoms with van der Waals surface area (Å²) in [7, 11) is 1.79. The third kappa shape index (κ3) is 3.97. The Kier molecular flexibility index (Phi) is 6.20. The number of rotatable bonds is 6. The van der Waals surface area contributed by atoms with E-state index in [9.17, 15) is 0 Å². The zero-order valence-corrected chi connectivity index (χ0v) is 9.63. The highest BCUT2D eigenvalue weighted by Crippen LogP contribution is 2.27. The van der Waals surface area contributed by atoms with Crippen LogP contribution in [0.25, 0.3) is 0 Å². The van der Waals surface area contributed by atoms with E-state index in [0.29, 0.717) is 12.0 Å². The molecule has 0 aliphatic heterocycles. The lowest BCUT2D eigenvalue weighted by molar-refractivity contribution is -0.0361. The van der Waals surface area contributed by atoms with Gasteiger partial charge >= 0.3 is 0 Å². The molecule has 2 atom stereocenters. The lowest BCUT2D eigenvalue weighted by Gasteiger charge is -2.31. The van der Waals surface area contributed by atoms with Gasteiger partial charge in [0.2, 0.25) is 0 Å². The number of hydrogen-bond acceptors (Lipinski definition) is 2. The zero-order valence-electron chi connectivity index (χ0n) is 9.63. The van der Waals surface area contributed by atoms with Crippen LogP contribution in [-0.4, -0.2) is 26.4 Å². The number of ether oxygens (including phenoxy) is 2. The smallest absolute Gasteiger partial charge is 0.0625 e. The molecule has 1 aliphatic carbocycles.